The van der Waals surface area contributed by atoms with Crippen molar-refractivity contribution in [2.24, 2.45) is 5.92 Å². The van der Waals surface area contributed by atoms with E-state index in [1.807, 2.05) is 0 Å². The van der Waals surface area contributed by atoms with Gasteiger partial charge in [-0.3, -0.25) is 4.79 Å². The number of hydrogen-bond acceptors (Lipinski definition) is 4. The summed E-state index contributed by atoms with van der Waals surface area (Å²) in [5.41, 5.74) is 0.0105. The van der Waals surface area contributed by atoms with E-state index in [1.165, 1.54) is 18.3 Å². The van der Waals surface area contributed by atoms with Crippen molar-refractivity contribution >= 4 is 5.91 Å². The van der Waals surface area contributed by atoms with Crippen LogP contribution >= 0.6 is 0 Å². The highest BCUT2D eigenvalue weighted by Gasteiger charge is 2.29. The molecule has 1 aromatic rings. The Morgan fingerprint density at radius 3 is 3.00 bits per heavy atom. The van der Waals surface area contributed by atoms with Crippen molar-refractivity contribution < 1.29 is 22.7 Å². The molecule has 1 aliphatic rings. The lowest BCUT2D eigenvalue weighted by atomic mass is 10.1. The molecule has 0 radical (unpaired) electrons. The fourth-order valence-corrected chi connectivity index (χ4v) is 2.27. The van der Waals surface area contributed by atoms with Gasteiger partial charge in [-0.1, -0.05) is 0 Å². The molecule has 2 N–H and O–H groups in total. The normalized spacial score (nSPS) is 18.2. The van der Waals surface area contributed by atoms with Crippen LogP contribution in [0.2, 0.25) is 0 Å². The van der Waals surface area contributed by atoms with Gasteiger partial charge < -0.3 is 15.4 Å². The first-order valence-electron chi connectivity index (χ1n) is 7.09. The molecule has 8 heteroatoms. The first-order valence-corrected chi connectivity index (χ1v) is 7.09. The van der Waals surface area contributed by atoms with Gasteiger partial charge in [0.1, 0.15) is 5.56 Å². The van der Waals surface area contributed by atoms with E-state index in [0.717, 1.165) is 25.9 Å². The maximum Gasteiger partial charge on any atom is 0.422 e. The van der Waals surface area contributed by atoms with E-state index in [0.29, 0.717) is 12.5 Å². The van der Waals surface area contributed by atoms with Crippen LogP contribution in [-0.4, -0.2) is 43.3 Å². The van der Waals surface area contributed by atoms with Crippen molar-refractivity contribution in [3.8, 4) is 5.88 Å². The molecule has 0 aliphatic carbocycles. The monoisotopic (exact) mass is 317 g/mol. The van der Waals surface area contributed by atoms with Gasteiger partial charge in [0.15, 0.2) is 6.61 Å². The van der Waals surface area contributed by atoms with Crippen LogP contribution in [0.1, 0.15) is 23.2 Å². The van der Waals surface area contributed by atoms with Crippen molar-refractivity contribution in [3.05, 3.63) is 23.9 Å². The lowest BCUT2D eigenvalue weighted by molar-refractivity contribution is -0.154. The van der Waals surface area contributed by atoms with Gasteiger partial charge in [-0.2, -0.15) is 13.2 Å². The average molecular weight is 317 g/mol. The third-order valence-corrected chi connectivity index (χ3v) is 3.39. The largest absolute Gasteiger partial charge is 0.467 e. The molecular formula is C14H18F3N3O2. The third kappa shape index (κ3) is 5.18. The van der Waals surface area contributed by atoms with Crippen LogP contribution in [0.4, 0.5) is 13.2 Å². The second-order valence-electron chi connectivity index (χ2n) is 5.16. The smallest absolute Gasteiger partial charge is 0.422 e. The van der Waals surface area contributed by atoms with Crippen LogP contribution in [0.25, 0.3) is 0 Å². The van der Waals surface area contributed by atoms with Crippen molar-refractivity contribution in [3.63, 3.8) is 0 Å². The van der Waals surface area contributed by atoms with Crippen LogP contribution in [0, 0.1) is 5.92 Å². The summed E-state index contributed by atoms with van der Waals surface area (Å²) >= 11 is 0. The fourth-order valence-electron chi connectivity index (χ4n) is 2.27. The molecule has 2 heterocycles. The van der Waals surface area contributed by atoms with Gasteiger partial charge in [0, 0.05) is 12.7 Å². The van der Waals surface area contributed by atoms with Gasteiger partial charge in [0.05, 0.1) is 0 Å². The van der Waals surface area contributed by atoms with Crippen LogP contribution in [-0.2, 0) is 0 Å². The zero-order valence-corrected chi connectivity index (χ0v) is 11.9. The van der Waals surface area contributed by atoms with E-state index in [-0.39, 0.29) is 11.4 Å². The molecule has 1 fully saturated rings. The molecule has 5 nitrogen and oxygen atoms in total. The van der Waals surface area contributed by atoms with Crippen molar-refractivity contribution in [1.82, 2.24) is 15.6 Å². The molecule has 1 atom stereocenters. The molecule has 122 valence electrons. The Morgan fingerprint density at radius 2 is 2.32 bits per heavy atom. The highest BCUT2D eigenvalue weighted by molar-refractivity contribution is 5.96. The minimum absolute atomic E-state index is 0.0105. The molecule has 1 aromatic heterocycles. The molecule has 22 heavy (non-hydrogen) atoms. The van der Waals surface area contributed by atoms with Crippen molar-refractivity contribution in [1.29, 1.82) is 0 Å². The van der Waals surface area contributed by atoms with Gasteiger partial charge in [-0.25, -0.2) is 4.98 Å². The third-order valence-electron chi connectivity index (χ3n) is 3.39. The average Bonchev–Trinajstić information content (AvgIpc) is 2.98. The van der Waals surface area contributed by atoms with Crippen molar-refractivity contribution in [2.75, 3.05) is 26.2 Å². The number of alkyl halides is 3. The van der Waals surface area contributed by atoms with Crippen LogP contribution < -0.4 is 15.4 Å². The summed E-state index contributed by atoms with van der Waals surface area (Å²) in [5.74, 6) is -0.258. The Balaban J connectivity index is 1.88. The number of carbonyl (C=O) groups excluding carboxylic acids is 1. The van der Waals surface area contributed by atoms with E-state index < -0.39 is 18.7 Å². The zero-order valence-electron chi connectivity index (χ0n) is 11.9. The van der Waals surface area contributed by atoms with Gasteiger partial charge in [0.25, 0.3) is 5.91 Å². The van der Waals surface area contributed by atoms with Gasteiger partial charge in [-0.15, -0.1) is 0 Å². The first kappa shape index (κ1) is 16.5. The maximum absolute atomic E-state index is 12.2. The molecule has 2 rings (SSSR count). The van der Waals surface area contributed by atoms with Crippen LogP contribution in [0.3, 0.4) is 0 Å². The zero-order chi connectivity index (χ0) is 16.0. The number of amides is 1. The summed E-state index contributed by atoms with van der Waals surface area (Å²) in [6.07, 6.45) is -1.28. The lowest BCUT2D eigenvalue weighted by Crippen LogP contribution is -2.28. The number of ether oxygens (including phenoxy) is 1. The van der Waals surface area contributed by atoms with E-state index in [4.69, 9.17) is 0 Å². The minimum Gasteiger partial charge on any atom is -0.467 e. The van der Waals surface area contributed by atoms with Crippen LogP contribution in [0.15, 0.2) is 18.3 Å². The predicted molar refractivity (Wildman–Crippen MR) is 73.7 cm³/mol. The van der Waals surface area contributed by atoms with Gasteiger partial charge >= 0.3 is 6.18 Å². The molecule has 0 aromatic carbocycles. The summed E-state index contributed by atoms with van der Waals surface area (Å²) in [6, 6.07) is 2.88. The highest BCUT2D eigenvalue weighted by atomic mass is 19.4. The molecular weight excluding hydrogens is 299 g/mol. The van der Waals surface area contributed by atoms with Crippen LogP contribution in [0.5, 0.6) is 5.88 Å². The minimum atomic E-state index is -4.47. The molecule has 0 spiro atoms. The molecule has 1 amide bonds. The SMILES string of the molecule is O=C(NCCC1CCNC1)c1cccnc1OCC(F)(F)F. The maximum atomic E-state index is 12.2. The summed E-state index contributed by atoms with van der Waals surface area (Å²) in [4.78, 5) is 15.7. The van der Waals surface area contributed by atoms with Gasteiger partial charge in [0.2, 0.25) is 5.88 Å². The number of rotatable bonds is 6. The Labute approximate surface area is 126 Å². The lowest BCUT2D eigenvalue weighted by Gasteiger charge is -2.13. The Kier molecular flexibility index (Phi) is 5.59. The Bertz CT molecular complexity index is 502. The summed E-state index contributed by atoms with van der Waals surface area (Å²) in [5, 5.41) is 5.93. The topological polar surface area (TPSA) is 63.2 Å². The van der Waals surface area contributed by atoms with E-state index in [9.17, 15) is 18.0 Å². The number of pyridine rings is 1. The number of halogens is 3. The number of aromatic nitrogens is 1. The van der Waals surface area contributed by atoms with Gasteiger partial charge in [-0.05, 0) is 44.0 Å². The standard InChI is InChI=1S/C14H18F3N3O2/c15-14(16,17)9-22-13-11(2-1-5-20-13)12(21)19-7-4-10-3-6-18-8-10/h1-2,5,10,18H,3-4,6-9H2,(H,19,21). The first-order chi connectivity index (χ1) is 10.5. The predicted octanol–water partition coefficient (Wildman–Crippen LogP) is 1.75. The second-order valence-corrected chi connectivity index (χ2v) is 5.16. The van der Waals surface area contributed by atoms with E-state index in [1.54, 1.807) is 0 Å². The van der Waals surface area contributed by atoms with Crippen molar-refractivity contribution in [2.45, 2.75) is 19.0 Å². The number of carbonyl (C=O) groups is 1. The second kappa shape index (κ2) is 7.44. The van der Waals surface area contributed by atoms with E-state index >= 15 is 0 Å². The molecule has 1 saturated heterocycles. The number of nitrogens with one attached hydrogen (secondary N) is 2. The summed E-state index contributed by atoms with van der Waals surface area (Å²) in [7, 11) is 0. The Hall–Kier alpha value is -1.83. The molecule has 0 bridgehead atoms. The summed E-state index contributed by atoms with van der Waals surface area (Å²) in [6.45, 7) is 0.913. The quantitative estimate of drug-likeness (QED) is 0.839. The Morgan fingerprint density at radius 1 is 1.50 bits per heavy atom. The number of hydrogen-bond donors (Lipinski definition) is 2. The number of nitrogens with zero attached hydrogens (tertiary/aromatic N) is 1. The fraction of sp³-hybridized carbons (Fsp3) is 0.571. The highest BCUT2D eigenvalue weighted by Crippen LogP contribution is 2.20. The van der Waals surface area contributed by atoms with E-state index in [2.05, 4.69) is 20.4 Å². The molecule has 1 unspecified atom stereocenters. The summed E-state index contributed by atoms with van der Waals surface area (Å²) < 4.78 is 41.2. The molecule has 0 saturated carbocycles. The molecule has 1 aliphatic heterocycles.